The molecule has 1 saturated carbocycles. The second-order valence-electron chi connectivity index (χ2n) is 8.88. The molecule has 1 aliphatic heterocycles. The Kier molecular flexibility index (Phi) is 5.99. The molecule has 1 aromatic carbocycles. The minimum Gasteiger partial charge on any atom is -0.481 e. The Bertz CT molecular complexity index is 972. The van der Waals surface area contributed by atoms with Gasteiger partial charge in [0.2, 0.25) is 11.8 Å². The summed E-state index contributed by atoms with van der Waals surface area (Å²) in [6.07, 6.45) is -4.75. The van der Waals surface area contributed by atoms with Crippen molar-refractivity contribution >= 4 is 23.5 Å². The van der Waals surface area contributed by atoms with E-state index in [0.717, 1.165) is 17.9 Å². The minimum atomic E-state index is -4.89. The number of nitrogens with one attached hydrogen (secondary N) is 1. The lowest BCUT2D eigenvalue weighted by molar-refractivity contribution is -0.189. The second-order valence-corrected chi connectivity index (χ2v) is 8.88. The van der Waals surface area contributed by atoms with Crippen LogP contribution in [0.25, 0.3) is 0 Å². The molecule has 1 heterocycles. The van der Waals surface area contributed by atoms with Gasteiger partial charge in [0, 0.05) is 11.6 Å². The maximum Gasteiger partial charge on any atom is 0.394 e. The standard InChI is InChI=1S/C21H23F5N2O4/c1-9(12(7-15(30)31)21(24,25)26)27-14(29)8-28-18-13(22)6-11(10-4-5-10)17(23)16(18)20(2,3)19(28)32/h6,9-10,12H,4-5,7-8H2,1-3H3,(H,27,29)(H,30,31)/t9-,12-/m0/s1. The van der Waals surface area contributed by atoms with Gasteiger partial charge >= 0.3 is 12.1 Å². The molecule has 0 aromatic heterocycles. The van der Waals surface area contributed by atoms with Crippen molar-refractivity contribution in [3.63, 3.8) is 0 Å². The number of fused-ring (bicyclic) bond motifs is 1. The van der Waals surface area contributed by atoms with Crippen molar-refractivity contribution in [2.24, 2.45) is 5.92 Å². The van der Waals surface area contributed by atoms with Crippen LogP contribution in [0.3, 0.4) is 0 Å². The molecule has 2 N–H and O–H groups in total. The van der Waals surface area contributed by atoms with Crippen molar-refractivity contribution in [3.8, 4) is 0 Å². The van der Waals surface area contributed by atoms with Crippen LogP contribution >= 0.6 is 0 Å². The smallest absolute Gasteiger partial charge is 0.394 e. The van der Waals surface area contributed by atoms with Crippen molar-refractivity contribution in [1.82, 2.24) is 5.32 Å². The van der Waals surface area contributed by atoms with Crippen LogP contribution in [-0.2, 0) is 19.8 Å². The van der Waals surface area contributed by atoms with E-state index in [1.807, 2.05) is 5.32 Å². The molecule has 1 fully saturated rings. The van der Waals surface area contributed by atoms with Gasteiger partial charge in [0.1, 0.15) is 18.2 Å². The topological polar surface area (TPSA) is 86.7 Å². The van der Waals surface area contributed by atoms with Crippen molar-refractivity contribution < 1.29 is 41.4 Å². The molecule has 176 valence electrons. The van der Waals surface area contributed by atoms with Crippen LogP contribution in [0.15, 0.2) is 6.07 Å². The van der Waals surface area contributed by atoms with Crippen LogP contribution < -0.4 is 10.2 Å². The van der Waals surface area contributed by atoms with Crippen LogP contribution in [-0.4, -0.2) is 41.7 Å². The Labute approximate surface area is 180 Å². The third-order valence-electron chi connectivity index (χ3n) is 6.02. The molecule has 0 spiro atoms. The van der Waals surface area contributed by atoms with Crippen molar-refractivity contribution in [3.05, 3.63) is 28.8 Å². The first-order valence-electron chi connectivity index (χ1n) is 10.1. The van der Waals surface area contributed by atoms with E-state index in [9.17, 15) is 31.9 Å². The third kappa shape index (κ3) is 4.29. The molecule has 2 atom stereocenters. The maximum atomic E-state index is 15.2. The van der Waals surface area contributed by atoms with E-state index in [4.69, 9.17) is 5.11 Å². The summed E-state index contributed by atoms with van der Waals surface area (Å²) in [4.78, 5) is 36.9. The number of hydrogen-bond acceptors (Lipinski definition) is 3. The average Bonchev–Trinajstić information content (AvgIpc) is 3.45. The first-order valence-corrected chi connectivity index (χ1v) is 10.1. The molecule has 6 nitrogen and oxygen atoms in total. The lowest BCUT2D eigenvalue weighted by atomic mass is 9.84. The number of carbonyl (C=O) groups is 3. The van der Waals surface area contributed by atoms with Crippen LogP contribution in [0.5, 0.6) is 0 Å². The highest BCUT2D eigenvalue weighted by Crippen LogP contribution is 2.50. The van der Waals surface area contributed by atoms with Gasteiger partial charge in [-0.3, -0.25) is 19.3 Å². The monoisotopic (exact) mass is 462 g/mol. The molecule has 3 rings (SSSR count). The predicted octanol–water partition coefficient (Wildman–Crippen LogP) is 3.62. The molecule has 0 radical (unpaired) electrons. The molecule has 0 unspecified atom stereocenters. The summed E-state index contributed by atoms with van der Waals surface area (Å²) < 4.78 is 69.6. The first kappa shape index (κ1) is 23.9. The third-order valence-corrected chi connectivity index (χ3v) is 6.02. The maximum absolute atomic E-state index is 15.2. The minimum absolute atomic E-state index is 0.132. The van der Waals surface area contributed by atoms with Gasteiger partial charge in [-0.1, -0.05) is 0 Å². The number of halogens is 5. The van der Waals surface area contributed by atoms with Gasteiger partial charge in [-0.05, 0) is 51.2 Å². The predicted molar refractivity (Wildman–Crippen MR) is 103 cm³/mol. The molecular formula is C21H23F5N2O4. The Morgan fingerprint density at radius 1 is 1.28 bits per heavy atom. The molecule has 2 amide bonds. The van der Waals surface area contributed by atoms with Gasteiger partial charge in [0.05, 0.1) is 23.4 Å². The summed E-state index contributed by atoms with van der Waals surface area (Å²) >= 11 is 0. The number of carbonyl (C=O) groups excluding carboxylic acids is 2. The van der Waals surface area contributed by atoms with Crippen molar-refractivity contribution in [2.75, 3.05) is 11.4 Å². The molecule has 0 bridgehead atoms. The molecule has 1 aromatic rings. The number of hydrogen-bond donors (Lipinski definition) is 2. The van der Waals surface area contributed by atoms with Crippen LogP contribution in [0.4, 0.5) is 27.6 Å². The largest absolute Gasteiger partial charge is 0.481 e. The molecule has 1 aliphatic carbocycles. The first-order chi connectivity index (χ1) is 14.7. The highest BCUT2D eigenvalue weighted by Gasteiger charge is 2.50. The van der Waals surface area contributed by atoms with Crippen molar-refractivity contribution in [1.29, 1.82) is 0 Å². The molecule has 0 saturated heterocycles. The van der Waals surface area contributed by atoms with E-state index in [1.54, 1.807) is 0 Å². The van der Waals surface area contributed by atoms with Gasteiger partial charge < -0.3 is 10.4 Å². The lowest BCUT2D eigenvalue weighted by Crippen LogP contribution is -2.49. The summed E-state index contributed by atoms with van der Waals surface area (Å²) in [6, 6.07) is -0.622. The second kappa shape index (κ2) is 8.00. The zero-order valence-corrected chi connectivity index (χ0v) is 17.6. The average molecular weight is 462 g/mol. The number of nitrogens with zero attached hydrogens (tertiary/aromatic N) is 1. The summed E-state index contributed by atoms with van der Waals surface area (Å²) in [5.74, 6) is -7.61. The number of rotatable bonds is 7. The number of benzene rings is 1. The summed E-state index contributed by atoms with van der Waals surface area (Å²) in [6.45, 7) is 2.93. The fourth-order valence-electron chi connectivity index (χ4n) is 4.17. The van der Waals surface area contributed by atoms with E-state index in [-0.39, 0.29) is 17.0 Å². The molecule has 11 heteroatoms. The fourth-order valence-corrected chi connectivity index (χ4v) is 4.17. The van der Waals surface area contributed by atoms with E-state index >= 15 is 4.39 Å². The van der Waals surface area contributed by atoms with Gasteiger partial charge in [-0.2, -0.15) is 13.2 Å². The van der Waals surface area contributed by atoms with E-state index in [2.05, 4.69) is 0 Å². The quantitative estimate of drug-likeness (QED) is 0.606. The highest BCUT2D eigenvalue weighted by molar-refractivity contribution is 6.10. The Morgan fingerprint density at radius 3 is 2.38 bits per heavy atom. The lowest BCUT2D eigenvalue weighted by Gasteiger charge is -2.27. The number of aliphatic carboxylic acids is 1. The van der Waals surface area contributed by atoms with E-state index in [0.29, 0.717) is 12.8 Å². The number of alkyl halides is 3. The van der Waals surface area contributed by atoms with Gasteiger partial charge in [0.15, 0.2) is 0 Å². The molecule has 2 aliphatic rings. The van der Waals surface area contributed by atoms with Crippen LogP contribution in [0, 0.1) is 17.6 Å². The van der Waals surface area contributed by atoms with Crippen molar-refractivity contribution in [2.45, 2.75) is 63.6 Å². The van der Waals surface area contributed by atoms with Crippen LogP contribution in [0.1, 0.15) is 57.1 Å². The summed E-state index contributed by atoms with van der Waals surface area (Å²) in [5.41, 5.74) is -1.88. The fraction of sp³-hybridized carbons (Fsp3) is 0.571. The highest BCUT2D eigenvalue weighted by atomic mass is 19.4. The zero-order valence-electron chi connectivity index (χ0n) is 17.6. The van der Waals surface area contributed by atoms with Gasteiger partial charge in [-0.15, -0.1) is 0 Å². The SMILES string of the molecule is C[C@H](NC(=O)CN1C(=O)C(C)(C)c2c(F)c(C3CC3)cc(F)c21)[C@H](CC(=O)O)C(F)(F)F. The Balaban J connectivity index is 1.86. The van der Waals surface area contributed by atoms with Crippen LogP contribution in [0.2, 0.25) is 0 Å². The number of carboxylic acids is 1. The normalized spacial score (nSPS) is 19.5. The molecular weight excluding hydrogens is 439 g/mol. The summed E-state index contributed by atoms with van der Waals surface area (Å²) in [7, 11) is 0. The van der Waals surface area contributed by atoms with Gasteiger partial charge in [0.25, 0.3) is 0 Å². The Morgan fingerprint density at radius 2 is 1.88 bits per heavy atom. The zero-order chi connectivity index (χ0) is 24.2. The number of carboxylic acid groups (broad SMARTS) is 1. The van der Waals surface area contributed by atoms with E-state index in [1.165, 1.54) is 13.8 Å². The van der Waals surface area contributed by atoms with E-state index < -0.39 is 71.6 Å². The number of anilines is 1. The summed E-state index contributed by atoms with van der Waals surface area (Å²) in [5, 5.41) is 10.8. The van der Waals surface area contributed by atoms with Gasteiger partial charge in [-0.25, -0.2) is 8.78 Å². The Hall–Kier alpha value is -2.72. The molecule has 32 heavy (non-hydrogen) atoms. The number of amides is 2.